The Balaban J connectivity index is 1.65. The lowest BCUT2D eigenvalue weighted by Gasteiger charge is -2.51. The van der Waals surface area contributed by atoms with Crippen LogP contribution in [0.15, 0.2) is 60.7 Å². The molecule has 2 saturated heterocycles. The molecular weight excluding hydrogens is 444 g/mol. The van der Waals surface area contributed by atoms with Gasteiger partial charge in [0.15, 0.2) is 23.8 Å². The fourth-order valence-electron chi connectivity index (χ4n) is 3.77. The van der Waals surface area contributed by atoms with Gasteiger partial charge in [-0.25, -0.2) is 4.79 Å². The maximum Gasteiger partial charge on any atom is 0.338 e. The van der Waals surface area contributed by atoms with Gasteiger partial charge in [-0.1, -0.05) is 48.5 Å². The number of halogens is 1. The number of ether oxygens (including phenoxy) is 4. The van der Waals surface area contributed by atoms with Gasteiger partial charge in [0.1, 0.15) is 17.6 Å². The summed E-state index contributed by atoms with van der Waals surface area (Å²) in [5.41, 5.74) is -2.43. The van der Waals surface area contributed by atoms with Crippen LogP contribution in [-0.2, 0) is 23.7 Å². The average Bonchev–Trinajstić information content (AvgIpc) is 2.82. The van der Waals surface area contributed by atoms with Crippen molar-refractivity contribution in [2.45, 2.75) is 35.6 Å². The van der Waals surface area contributed by atoms with Crippen molar-refractivity contribution in [3.05, 3.63) is 71.8 Å². The van der Waals surface area contributed by atoms with Crippen LogP contribution >= 0.6 is 24.2 Å². The van der Waals surface area contributed by atoms with Gasteiger partial charge in [0, 0.05) is 5.56 Å². The maximum absolute atomic E-state index is 12.9. The topological polar surface area (TPSA) is 91.3 Å². The van der Waals surface area contributed by atoms with Gasteiger partial charge in [-0.05, 0) is 12.1 Å². The number of aliphatic hydroxyl groups is 1. The highest BCUT2D eigenvalue weighted by molar-refractivity contribution is 7.80. The molecule has 0 spiro atoms. The highest BCUT2D eigenvalue weighted by atomic mass is 35.5. The lowest BCUT2D eigenvalue weighted by molar-refractivity contribution is -0.336. The van der Waals surface area contributed by atoms with Gasteiger partial charge in [0.05, 0.1) is 18.1 Å². The Morgan fingerprint density at radius 1 is 1.10 bits per heavy atom. The SMILES string of the molecule is O=C(O[C@H]1[C@H](S)O[C@@H]2COC(c3ccccc3)O[C@@H]2[C@@]1(O)C(=O)CCl)c1ccccc1. The van der Waals surface area contributed by atoms with E-state index in [1.165, 1.54) is 0 Å². The van der Waals surface area contributed by atoms with Gasteiger partial charge < -0.3 is 24.1 Å². The third-order valence-electron chi connectivity index (χ3n) is 5.34. The molecule has 31 heavy (non-hydrogen) atoms. The Bertz CT molecular complexity index is 928. The molecule has 164 valence electrons. The number of carbonyl (C=O) groups excluding carboxylic acids is 2. The van der Waals surface area contributed by atoms with Crippen molar-refractivity contribution in [1.82, 2.24) is 0 Å². The molecule has 1 N–H and O–H groups in total. The van der Waals surface area contributed by atoms with Crippen molar-refractivity contribution in [3.63, 3.8) is 0 Å². The van der Waals surface area contributed by atoms with E-state index >= 15 is 0 Å². The lowest BCUT2D eigenvalue weighted by Crippen LogP contribution is -2.72. The van der Waals surface area contributed by atoms with Crippen LogP contribution in [0.5, 0.6) is 0 Å². The first-order valence-corrected chi connectivity index (χ1v) is 10.7. The highest BCUT2D eigenvalue weighted by Crippen LogP contribution is 2.42. The molecule has 6 atom stereocenters. The molecular formula is C22H21ClO7S. The van der Waals surface area contributed by atoms with Crippen molar-refractivity contribution in [1.29, 1.82) is 0 Å². The molecule has 7 nitrogen and oxygen atoms in total. The monoisotopic (exact) mass is 464 g/mol. The number of Topliss-reactive ketones (excluding diaryl/α,β-unsaturated/α-hetero) is 1. The second-order valence-corrected chi connectivity index (χ2v) is 8.05. The number of fused-ring (bicyclic) bond motifs is 1. The van der Waals surface area contributed by atoms with Gasteiger partial charge in [0.2, 0.25) is 0 Å². The average molecular weight is 465 g/mol. The third kappa shape index (κ3) is 4.24. The number of hydrogen-bond acceptors (Lipinski definition) is 8. The minimum Gasteiger partial charge on any atom is -0.451 e. The normalized spacial score (nSPS) is 32.7. The first-order valence-electron chi connectivity index (χ1n) is 9.68. The van der Waals surface area contributed by atoms with Gasteiger partial charge in [-0.3, -0.25) is 4.79 Å². The van der Waals surface area contributed by atoms with E-state index in [-0.39, 0.29) is 12.2 Å². The molecule has 2 fully saturated rings. The first kappa shape index (κ1) is 22.3. The molecule has 2 heterocycles. The molecule has 2 aliphatic rings. The van der Waals surface area contributed by atoms with E-state index in [1.54, 1.807) is 42.5 Å². The number of ketones is 1. The molecule has 2 aliphatic heterocycles. The van der Waals surface area contributed by atoms with Gasteiger partial charge in [-0.2, -0.15) is 0 Å². The predicted octanol–water partition coefficient (Wildman–Crippen LogP) is 2.52. The number of benzene rings is 2. The van der Waals surface area contributed by atoms with Crippen molar-refractivity contribution in [3.8, 4) is 0 Å². The molecule has 0 amide bonds. The van der Waals surface area contributed by atoms with Gasteiger partial charge in [-0.15, -0.1) is 24.2 Å². The Kier molecular flexibility index (Phi) is 6.66. The van der Waals surface area contributed by atoms with Crippen LogP contribution < -0.4 is 0 Å². The molecule has 9 heteroatoms. The molecule has 0 bridgehead atoms. The van der Waals surface area contributed by atoms with Crippen LogP contribution in [0.1, 0.15) is 22.2 Å². The van der Waals surface area contributed by atoms with E-state index in [2.05, 4.69) is 12.6 Å². The summed E-state index contributed by atoms with van der Waals surface area (Å²) in [6, 6.07) is 17.3. The number of esters is 1. The molecule has 1 unspecified atom stereocenters. The molecule has 0 aromatic heterocycles. The molecule has 4 rings (SSSR count). The largest absolute Gasteiger partial charge is 0.451 e. The zero-order valence-corrected chi connectivity index (χ0v) is 17.9. The smallest absolute Gasteiger partial charge is 0.338 e. The summed E-state index contributed by atoms with van der Waals surface area (Å²) in [6.45, 7) is 0.0402. The van der Waals surface area contributed by atoms with Crippen LogP contribution in [0.25, 0.3) is 0 Å². The predicted molar refractivity (Wildman–Crippen MR) is 114 cm³/mol. The van der Waals surface area contributed by atoms with Crippen LogP contribution in [0.3, 0.4) is 0 Å². The zero-order valence-electron chi connectivity index (χ0n) is 16.3. The zero-order chi connectivity index (χ0) is 22.0. The van der Waals surface area contributed by atoms with E-state index in [0.717, 1.165) is 0 Å². The molecule has 0 radical (unpaired) electrons. The van der Waals surface area contributed by atoms with Crippen molar-refractivity contribution >= 4 is 36.0 Å². The Hall–Kier alpha value is -1.94. The Morgan fingerprint density at radius 2 is 1.74 bits per heavy atom. The molecule has 2 aromatic carbocycles. The number of hydrogen-bond donors (Lipinski definition) is 2. The summed E-state index contributed by atoms with van der Waals surface area (Å²) < 4.78 is 23.0. The van der Waals surface area contributed by atoms with Crippen LogP contribution in [0, 0.1) is 0 Å². The molecule has 0 aliphatic carbocycles. The summed E-state index contributed by atoms with van der Waals surface area (Å²) in [7, 11) is 0. The fourth-order valence-corrected chi connectivity index (χ4v) is 4.43. The van der Waals surface area contributed by atoms with E-state index in [9.17, 15) is 14.7 Å². The first-order chi connectivity index (χ1) is 14.9. The summed E-state index contributed by atoms with van der Waals surface area (Å²) in [5, 5.41) is 11.6. The second-order valence-electron chi connectivity index (χ2n) is 7.27. The second kappa shape index (κ2) is 9.28. The van der Waals surface area contributed by atoms with Crippen molar-refractivity contribution in [2.24, 2.45) is 0 Å². The van der Waals surface area contributed by atoms with Crippen molar-refractivity contribution < 1.29 is 33.6 Å². The molecule has 2 aromatic rings. The minimum absolute atomic E-state index is 0.0402. The van der Waals surface area contributed by atoms with Gasteiger partial charge in [0.25, 0.3) is 0 Å². The standard InChI is InChI=1S/C22H21ClO7S/c23-11-16(24)22(26)17-15(12-27-20(30-17)14-9-5-2-6-10-14)28-21(31)18(22)29-19(25)13-7-3-1-4-8-13/h1-10,15,17-18,20-21,26,31H,11-12H2/t15-,17+,18+,20?,21+,22+/m1/s1. The van der Waals surface area contributed by atoms with Crippen LogP contribution in [0.2, 0.25) is 0 Å². The number of thiol groups is 1. The highest BCUT2D eigenvalue weighted by Gasteiger charge is 2.63. The Labute approximate surface area is 189 Å². The number of carbonyl (C=O) groups is 2. The maximum atomic E-state index is 12.9. The van der Waals surface area contributed by atoms with E-state index in [1.807, 2.05) is 18.2 Å². The van der Waals surface area contributed by atoms with Gasteiger partial charge >= 0.3 is 5.97 Å². The van der Waals surface area contributed by atoms with Crippen molar-refractivity contribution in [2.75, 3.05) is 12.5 Å². The van der Waals surface area contributed by atoms with Crippen LogP contribution in [-0.4, -0.2) is 58.7 Å². The molecule has 0 saturated carbocycles. The lowest BCUT2D eigenvalue weighted by atomic mass is 9.80. The van der Waals surface area contributed by atoms with E-state index in [4.69, 9.17) is 30.5 Å². The Morgan fingerprint density at radius 3 is 2.39 bits per heavy atom. The van der Waals surface area contributed by atoms with E-state index in [0.29, 0.717) is 5.56 Å². The fraction of sp³-hybridized carbons (Fsp3) is 0.364. The summed E-state index contributed by atoms with van der Waals surface area (Å²) in [4.78, 5) is 25.5. The van der Waals surface area contributed by atoms with E-state index < -0.39 is 53.3 Å². The van der Waals surface area contributed by atoms with Crippen LogP contribution in [0.4, 0.5) is 0 Å². The summed E-state index contributed by atoms with van der Waals surface area (Å²) in [6.07, 6.45) is -4.30. The number of rotatable bonds is 5. The summed E-state index contributed by atoms with van der Waals surface area (Å²) in [5.74, 6) is -2.01. The minimum atomic E-state index is -2.28. The summed E-state index contributed by atoms with van der Waals surface area (Å²) >= 11 is 10.2. The quantitative estimate of drug-likeness (QED) is 0.399. The third-order valence-corrected chi connectivity index (χ3v) is 5.98. The number of alkyl halides is 1.